The topological polar surface area (TPSA) is 197 Å². The zero-order valence-corrected chi connectivity index (χ0v) is 18.3. The largest absolute Gasteiger partial charge is 0.463 e. The van der Waals surface area contributed by atoms with Gasteiger partial charge in [-0.05, 0) is 17.8 Å². The lowest BCUT2D eigenvalue weighted by Crippen LogP contribution is -2.42. The zero-order valence-electron chi connectivity index (χ0n) is 18.3. The third-order valence-corrected chi connectivity index (χ3v) is 5.17. The molecule has 34 heavy (non-hydrogen) atoms. The van der Waals surface area contributed by atoms with Crippen molar-refractivity contribution in [3.63, 3.8) is 0 Å². The summed E-state index contributed by atoms with van der Waals surface area (Å²) in [5.41, 5.74) is -1.30. The summed E-state index contributed by atoms with van der Waals surface area (Å²) in [6.45, 7) is 3.00. The van der Waals surface area contributed by atoms with Crippen LogP contribution >= 0.6 is 0 Å². The fraction of sp³-hybridized carbons (Fsp3) is 0.611. The maximum absolute atomic E-state index is 13.4. The van der Waals surface area contributed by atoms with Crippen molar-refractivity contribution in [3.8, 4) is 0 Å². The molecule has 4 rings (SSSR count). The molecular weight excluding hydrogens is 460 g/mol. The van der Waals surface area contributed by atoms with Crippen LogP contribution in [-0.4, -0.2) is 72.5 Å². The second-order valence-electron chi connectivity index (χ2n) is 7.81. The number of aromatic nitrogens is 5. The van der Waals surface area contributed by atoms with Crippen LogP contribution in [0.1, 0.15) is 45.9 Å². The van der Waals surface area contributed by atoms with Crippen molar-refractivity contribution >= 4 is 34.8 Å². The van der Waals surface area contributed by atoms with Gasteiger partial charge in [0.2, 0.25) is 5.52 Å². The smallest absolute Gasteiger partial charge is 0.418 e. The molecule has 2 fully saturated rings. The number of hydrogen-bond acceptors (Lipinski definition) is 13. The van der Waals surface area contributed by atoms with E-state index in [1.165, 1.54) is 4.68 Å². The maximum Gasteiger partial charge on any atom is 0.418 e. The van der Waals surface area contributed by atoms with Gasteiger partial charge in [0.25, 0.3) is 0 Å². The third-order valence-electron chi connectivity index (χ3n) is 5.17. The summed E-state index contributed by atoms with van der Waals surface area (Å²) in [5, 5.41) is 22.9. The van der Waals surface area contributed by atoms with Crippen LogP contribution in [0.15, 0.2) is 4.79 Å². The molecule has 2 aromatic heterocycles. The van der Waals surface area contributed by atoms with Crippen molar-refractivity contribution in [2.75, 3.05) is 6.61 Å². The third kappa shape index (κ3) is 4.30. The van der Waals surface area contributed by atoms with Gasteiger partial charge in [0.1, 0.15) is 12.7 Å². The van der Waals surface area contributed by atoms with Gasteiger partial charge in [0.15, 0.2) is 24.0 Å². The fourth-order valence-electron chi connectivity index (χ4n) is 3.71. The van der Waals surface area contributed by atoms with E-state index in [4.69, 9.17) is 18.9 Å². The van der Waals surface area contributed by atoms with E-state index in [-0.39, 0.29) is 23.7 Å². The molecule has 16 heteroatoms. The average Bonchev–Trinajstić information content (AvgIpc) is 3.43. The first-order valence-electron chi connectivity index (χ1n) is 10.2. The van der Waals surface area contributed by atoms with Crippen LogP contribution in [0.5, 0.6) is 0 Å². The predicted octanol–water partition coefficient (Wildman–Crippen LogP) is -0.445. The van der Waals surface area contributed by atoms with Crippen molar-refractivity contribution in [2.45, 2.75) is 64.2 Å². The molecule has 0 spiro atoms. The minimum absolute atomic E-state index is 0.165. The number of fused-ring (bicyclic) bond motifs is 1. The molecule has 1 saturated carbocycles. The SMILES string of the molecule is CC(=O)OCC1OC(n2nnc3c([N+](=O)[O-])nn(C4CC4)c3c2=O)C(OC(C)=O)C1OC(C)=O. The van der Waals surface area contributed by atoms with Crippen LogP contribution < -0.4 is 5.56 Å². The molecule has 182 valence electrons. The molecule has 2 aliphatic rings. The van der Waals surface area contributed by atoms with Crippen LogP contribution in [0.4, 0.5) is 5.82 Å². The van der Waals surface area contributed by atoms with E-state index >= 15 is 0 Å². The number of nitro groups is 1. The van der Waals surface area contributed by atoms with Gasteiger partial charge in [-0.1, -0.05) is 5.21 Å². The fourth-order valence-corrected chi connectivity index (χ4v) is 3.71. The zero-order chi connectivity index (χ0) is 24.7. The van der Waals surface area contributed by atoms with E-state index in [9.17, 15) is 29.3 Å². The highest BCUT2D eigenvalue weighted by atomic mass is 16.7. The first kappa shape index (κ1) is 23.2. The summed E-state index contributed by atoms with van der Waals surface area (Å²) in [6, 6.07) is -0.208. The number of hydrogen-bond donors (Lipinski definition) is 0. The lowest BCUT2D eigenvalue weighted by atomic mass is 10.1. The quantitative estimate of drug-likeness (QED) is 0.214. The van der Waals surface area contributed by atoms with Gasteiger partial charge in [-0.25, -0.2) is 0 Å². The van der Waals surface area contributed by atoms with E-state index in [2.05, 4.69) is 15.4 Å². The summed E-state index contributed by atoms with van der Waals surface area (Å²) in [4.78, 5) is 58.8. The van der Waals surface area contributed by atoms with Crippen molar-refractivity contribution in [3.05, 3.63) is 20.5 Å². The molecule has 3 heterocycles. The number of carbonyl (C=O) groups is 3. The van der Waals surface area contributed by atoms with E-state index in [1.54, 1.807) is 0 Å². The Labute approximate surface area is 189 Å². The lowest BCUT2D eigenvalue weighted by Gasteiger charge is -2.23. The Morgan fingerprint density at radius 3 is 2.29 bits per heavy atom. The Morgan fingerprint density at radius 2 is 1.74 bits per heavy atom. The molecule has 0 N–H and O–H groups in total. The maximum atomic E-state index is 13.4. The van der Waals surface area contributed by atoms with Gasteiger partial charge >= 0.3 is 29.3 Å². The van der Waals surface area contributed by atoms with Crippen molar-refractivity contribution in [2.24, 2.45) is 0 Å². The van der Waals surface area contributed by atoms with Gasteiger partial charge < -0.3 is 29.1 Å². The highest BCUT2D eigenvalue weighted by molar-refractivity contribution is 5.81. The lowest BCUT2D eigenvalue weighted by molar-refractivity contribution is -0.388. The van der Waals surface area contributed by atoms with E-state index in [0.717, 1.165) is 25.5 Å². The van der Waals surface area contributed by atoms with Crippen molar-refractivity contribution in [1.82, 2.24) is 24.8 Å². The monoisotopic (exact) mass is 480 g/mol. The number of esters is 3. The molecule has 1 aliphatic heterocycles. The Morgan fingerprint density at radius 1 is 1.09 bits per heavy atom. The van der Waals surface area contributed by atoms with Gasteiger partial charge in [0.05, 0.1) is 11.1 Å². The van der Waals surface area contributed by atoms with Gasteiger partial charge in [-0.3, -0.25) is 19.2 Å². The highest BCUT2D eigenvalue weighted by Gasteiger charge is 2.52. The summed E-state index contributed by atoms with van der Waals surface area (Å²) in [7, 11) is 0. The van der Waals surface area contributed by atoms with Crippen LogP contribution in [0.25, 0.3) is 11.0 Å². The minimum Gasteiger partial charge on any atom is -0.463 e. The van der Waals surface area contributed by atoms with Crippen LogP contribution in [0, 0.1) is 10.1 Å². The number of carbonyl (C=O) groups excluding carboxylic acids is 3. The van der Waals surface area contributed by atoms with E-state index in [1.807, 2.05) is 0 Å². The Bertz CT molecular complexity index is 1230. The van der Waals surface area contributed by atoms with Crippen LogP contribution in [0.2, 0.25) is 0 Å². The molecular formula is C18H20N6O10. The van der Waals surface area contributed by atoms with Crippen molar-refractivity contribution in [1.29, 1.82) is 0 Å². The highest BCUT2D eigenvalue weighted by Crippen LogP contribution is 2.38. The summed E-state index contributed by atoms with van der Waals surface area (Å²) in [5.74, 6) is -2.77. The first-order chi connectivity index (χ1) is 16.1. The minimum atomic E-state index is -1.44. The van der Waals surface area contributed by atoms with Gasteiger partial charge in [-0.15, -0.1) is 5.10 Å². The summed E-state index contributed by atoms with van der Waals surface area (Å²) in [6.07, 6.45) is -3.83. The first-order valence-corrected chi connectivity index (χ1v) is 10.2. The molecule has 0 amide bonds. The van der Waals surface area contributed by atoms with E-state index < -0.39 is 58.7 Å². The number of nitrogens with zero attached hydrogens (tertiary/aromatic N) is 6. The Balaban J connectivity index is 1.81. The molecule has 0 aromatic carbocycles. The molecule has 0 radical (unpaired) electrons. The Kier molecular flexibility index (Phi) is 5.99. The summed E-state index contributed by atoms with van der Waals surface area (Å²) >= 11 is 0. The van der Waals surface area contributed by atoms with Crippen molar-refractivity contribution < 1.29 is 38.3 Å². The molecule has 4 atom stereocenters. The van der Waals surface area contributed by atoms with Gasteiger partial charge in [-0.2, -0.15) is 9.36 Å². The number of ether oxygens (including phenoxy) is 4. The second-order valence-corrected chi connectivity index (χ2v) is 7.81. The second kappa shape index (κ2) is 8.77. The predicted molar refractivity (Wildman–Crippen MR) is 106 cm³/mol. The van der Waals surface area contributed by atoms with Crippen LogP contribution in [-0.2, 0) is 33.3 Å². The van der Waals surface area contributed by atoms with Gasteiger partial charge in [0, 0.05) is 20.8 Å². The molecule has 2 aromatic rings. The number of rotatable bonds is 7. The normalized spacial score (nSPS) is 24.1. The summed E-state index contributed by atoms with van der Waals surface area (Å²) < 4.78 is 23.3. The molecule has 16 nitrogen and oxygen atoms in total. The molecule has 4 unspecified atom stereocenters. The van der Waals surface area contributed by atoms with E-state index in [0.29, 0.717) is 12.8 Å². The molecule has 0 bridgehead atoms. The standard InChI is InChI=1S/C18H20N6O10/c1-7(25)31-6-11-14(32-8(2)26)15(33-9(3)27)18(34-11)23-17(28)13-12(19-21-23)16(24(29)30)20-22(13)10-4-5-10/h10-11,14-15,18H,4-6H2,1-3H3. The van der Waals surface area contributed by atoms with Crippen LogP contribution in [0.3, 0.4) is 0 Å². The molecule has 1 saturated heterocycles. The molecule has 1 aliphatic carbocycles. The Hall–Kier alpha value is -3.95. The average molecular weight is 480 g/mol.